The maximum atomic E-state index is 13.5. The monoisotopic (exact) mass is 418 g/mol. The lowest BCUT2D eigenvalue weighted by molar-refractivity contribution is 0.0984. The molecule has 3 aromatic carbocycles. The van der Waals surface area contributed by atoms with Gasteiger partial charge in [0.25, 0.3) is 5.91 Å². The number of aromatic hydroxyl groups is 1. The molecule has 2 aliphatic heterocycles. The number of carbonyl (C=O) groups excluding carboxylic acids is 1. The number of amides is 1. The number of benzene rings is 3. The van der Waals surface area contributed by atoms with Crippen molar-refractivity contribution in [2.75, 3.05) is 23.9 Å². The summed E-state index contributed by atoms with van der Waals surface area (Å²) in [7, 11) is 0. The molecule has 2 N–H and O–H groups in total. The highest BCUT2D eigenvalue weighted by Gasteiger charge is 2.35. The Hall–Kier alpha value is -3.18. The van der Waals surface area contributed by atoms with E-state index in [4.69, 9.17) is 16.3 Å². The number of hydrogen-bond acceptors (Lipinski definition) is 3. The Morgan fingerprint density at radius 3 is 2.83 bits per heavy atom. The molecule has 0 aliphatic carbocycles. The Labute approximate surface area is 177 Å². The van der Waals surface area contributed by atoms with E-state index in [0.717, 1.165) is 50.7 Å². The zero-order chi connectivity index (χ0) is 20.4. The predicted molar refractivity (Wildman–Crippen MR) is 118 cm³/mol. The third-order valence-electron chi connectivity index (χ3n) is 6.29. The molecule has 3 heterocycles. The summed E-state index contributed by atoms with van der Waals surface area (Å²) in [6.07, 6.45) is 0.846. The van der Waals surface area contributed by atoms with Gasteiger partial charge in [0, 0.05) is 52.7 Å². The molecule has 1 amide bonds. The summed E-state index contributed by atoms with van der Waals surface area (Å²) in [4.78, 5) is 18.5. The molecule has 0 saturated heterocycles. The van der Waals surface area contributed by atoms with E-state index in [2.05, 4.69) is 4.98 Å². The molecule has 0 saturated carbocycles. The number of ether oxygens (including phenoxy) is 1. The molecule has 1 unspecified atom stereocenters. The Morgan fingerprint density at radius 2 is 2.00 bits per heavy atom. The number of phenolic OH excluding ortho intramolecular Hbond substituents is 1. The van der Waals surface area contributed by atoms with Gasteiger partial charge in [-0.3, -0.25) is 4.79 Å². The Kier molecular flexibility index (Phi) is 3.77. The first-order valence-electron chi connectivity index (χ1n) is 10.1. The summed E-state index contributed by atoms with van der Waals surface area (Å²) >= 11 is 6.30. The van der Waals surface area contributed by atoms with Crippen LogP contribution in [0.5, 0.6) is 11.5 Å². The van der Waals surface area contributed by atoms with E-state index < -0.39 is 0 Å². The molecule has 30 heavy (non-hydrogen) atoms. The number of alkyl halides is 1. The van der Waals surface area contributed by atoms with Crippen molar-refractivity contribution in [3.8, 4) is 11.5 Å². The molecule has 0 bridgehead atoms. The van der Waals surface area contributed by atoms with E-state index in [0.29, 0.717) is 24.7 Å². The molecule has 2 aliphatic rings. The molecule has 0 fully saturated rings. The Bertz CT molecular complexity index is 1340. The summed E-state index contributed by atoms with van der Waals surface area (Å²) in [5, 5.41) is 13.3. The van der Waals surface area contributed by atoms with Crippen LogP contribution in [-0.4, -0.2) is 35.0 Å². The number of halogens is 1. The van der Waals surface area contributed by atoms with E-state index >= 15 is 0 Å². The Morgan fingerprint density at radius 1 is 1.17 bits per heavy atom. The number of aromatic amines is 1. The van der Waals surface area contributed by atoms with Gasteiger partial charge in [-0.25, -0.2) is 0 Å². The fourth-order valence-corrected chi connectivity index (χ4v) is 5.16. The smallest absolute Gasteiger partial charge is 0.274 e. The normalized spacial score (nSPS) is 17.4. The third kappa shape index (κ3) is 2.39. The van der Waals surface area contributed by atoms with Crippen LogP contribution in [0.3, 0.4) is 0 Å². The first kappa shape index (κ1) is 17.7. The Balaban J connectivity index is 1.48. The van der Waals surface area contributed by atoms with Crippen molar-refractivity contribution in [3.63, 3.8) is 0 Å². The molecule has 4 aromatic rings. The van der Waals surface area contributed by atoms with Gasteiger partial charge in [-0.2, -0.15) is 0 Å². The lowest BCUT2D eigenvalue weighted by atomic mass is 9.95. The second kappa shape index (κ2) is 6.41. The van der Waals surface area contributed by atoms with Crippen LogP contribution in [0.1, 0.15) is 27.5 Å². The van der Waals surface area contributed by atoms with E-state index in [9.17, 15) is 9.90 Å². The number of nitrogens with zero attached hydrogens (tertiary/aromatic N) is 1. The number of aromatic nitrogens is 1. The van der Waals surface area contributed by atoms with Crippen LogP contribution in [0.15, 0.2) is 48.5 Å². The van der Waals surface area contributed by atoms with Crippen LogP contribution in [-0.2, 0) is 6.42 Å². The topological polar surface area (TPSA) is 65.6 Å². The molecule has 6 rings (SSSR count). The van der Waals surface area contributed by atoms with Gasteiger partial charge < -0.3 is 19.7 Å². The van der Waals surface area contributed by atoms with Crippen molar-refractivity contribution in [3.05, 3.63) is 65.4 Å². The molecule has 0 spiro atoms. The maximum Gasteiger partial charge on any atom is 0.274 e. The van der Waals surface area contributed by atoms with Gasteiger partial charge in [0.15, 0.2) is 0 Å². The average molecular weight is 419 g/mol. The lowest BCUT2D eigenvalue weighted by Crippen LogP contribution is -2.30. The van der Waals surface area contributed by atoms with Crippen LogP contribution in [0.4, 0.5) is 5.69 Å². The molecular formula is C24H19ClN2O3. The number of H-pyrrole nitrogens is 1. The van der Waals surface area contributed by atoms with Crippen molar-refractivity contribution in [2.24, 2.45) is 0 Å². The lowest BCUT2D eigenvalue weighted by Gasteiger charge is -2.17. The largest absolute Gasteiger partial charge is 0.507 e. The van der Waals surface area contributed by atoms with Gasteiger partial charge in [-0.05, 0) is 29.1 Å². The highest BCUT2D eigenvalue weighted by Crippen LogP contribution is 2.45. The van der Waals surface area contributed by atoms with Crippen LogP contribution in [0.25, 0.3) is 21.7 Å². The number of anilines is 1. The average Bonchev–Trinajstić information content (AvgIpc) is 3.48. The summed E-state index contributed by atoms with van der Waals surface area (Å²) in [5.74, 6) is 1.36. The van der Waals surface area contributed by atoms with Crippen LogP contribution < -0.4 is 9.64 Å². The highest BCUT2D eigenvalue weighted by molar-refractivity contribution is 6.19. The van der Waals surface area contributed by atoms with Crippen molar-refractivity contribution >= 4 is 44.9 Å². The minimum atomic E-state index is -0.123. The molecule has 1 aromatic heterocycles. The van der Waals surface area contributed by atoms with Gasteiger partial charge in [0.1, 0.15) is 17.2 Å². The standard InChI is InChI=1S/C24H19ClN2O3/c25-11-13-12-27(20-10-21(28)14-3-1-2-4-16(14)23(13)20)24(29)19-9-17-15-7-8-30-22(15)6-5-18(17)26-19/h1-6,9-10,13,26,28H,7-8,11-12H2. The summed E-state index contributed by atoms with van der Waals surface area (Å²) in [6.45, 7) is 1.16. The van der Waals surface area contributed by atoms with Crippen molar-refractivity contribution in [1.29, 1.82) is 0 Å². The number of hydrogen-bond donors (Lipinski definition) is 2. The second-order valence-corrected chi connectivity index (χ2v) is 8.23. The van der Waals surface area contributed by atoms with Crippen LogP contribution in [0.2, 0.25) is 0 Å². The fourth-order valence-electron chi connectivity index (χ4n) is 4.91. The number of phenols is 1. The quantitative estimate of drug-likeness (QED) is 0.453. The van der Waals surface area contributed by atoms with Crippen LogP contribution >= 0.6 is 11.6 Å². The molecule has 6 heteroatoms. The van der Waals surface area contributed by atoms with E-state index in [-0.39, 0.29) is 17.6 Å². The number of rotatable bonds is 2. The third-order valence-corrected chi connectivity index (χ3v) is 6.66. The molecule has 1 atom stereocenters. The number of carbonyl (C=O) groups is 1. The molecule has 0 radical (unpaired) electrons. The summed E-state index contributed by atoms with van der Waals surface area (Å²) < 4.78 is 5.65. The zero-order valence-electron chi connectivity index (χ0n) is 16.1. The zero-order valence-corrected chi connectivity index (χ0v) is 16.9. The number of fused-ring (bicyclic) bond motifs is 6. The molecular weight excluding hydrogens is 400 g/mol. The van der Waals surface area contributed by atoms with Crippen molar-refractivity contribution in [2.45, 2.75) is 12.3 Å². The maximum absolute atomic E-state index is 13.5. The fraction of sp³-hybridized carbons (Fsp3) is 0.208. The first-order valence-corrected chi connectivity index (χ1v) is 10.6. The minimum absolute atomic E-state index is 0.0122. The van der Waals surface area contributed by atoms with E-state index in [1.165, 1.54) is 0 Å². The van der Waals surface area contributed by atoms with Crippen molar-refractivity contribution < 1.29 is 14.6 Å². The van der Waals surface area contributed by atoms with E-state index in [1.807, 2.05) is 42.5 Å². The van der Waals surface area contributed by atoms with Gasteiger partial charge >= 0.3 is 0 Å². The van der Waals surface area contributed by atoms with Gasteiger partial charge in [0.2, 0.25) is 0 Å². The summed E-state index contributed by atoms with van der Waals surface area (Å²) in [6, 6.07) is 15.2. The molecule has 150 valence electrons. The predicted octanol–water partition coefficient (Wildman–Crippen LogP) is 4.94. The van der Waals surface area contributed by atoms with Crippen LogP contribution in [0, 0.1) is 0 Å². The van der Waals surface area contributed by atoms with Gasteiger partial charge in [-0.15, -0.1) is 11.6 Å². The van der Waals surface area contributed by atoms with Crippen molar-refractivity contribution in [1.82, 2.24) is 4.98 Å². The second-order valence-electron chi connectivity index (χ2n) is 7.93. The highest BCUT2D eigenvalue weighted by atomic mass is 35.5. The number of nitrogens with one attached hydrogen (secondary N) is 1. The molecule has 5 nitrogen and oxygen atoms in total. The van der Waals surface area contributed by atoms with Gasteiger partial charge in [-0.1, -0.05) is 24.3 Å². The first-order chi connectivity index (χ1) is 14.7. The SMILES string of the molecule is O=C(c1cc2c3c(ccc2[nH]1)OCC3)N1CC(CCl)c2c1cc(O)c1ccccc21. The van der Waals surface area contributed by atoms with Gasteiger partial charge in [0.05, 0.1) is 12.3 Å². The minimum Gasteiger partial charge on any atom is -0.507 e. The van der Waals surface area contributed by atoms with E-state index in [1.54, 1.807) is 11.0 Å². The summed E-state index contributed by atoms with van der Waals surface area (Å²) in [5.41, 5.74) is 4.36.